The van der Waals surface area contributed by atoms with Crippen molar-refractivity contribution in [3.63, 3.8) is 0 Å². The van der Waals surface area contributed by atoms with E-state index in [0.29, 0.717) is 17.8 Å². The van der Waals surface area contributed by atoms with Crippen molar-refractivity contribution in [2.45, 2.75) is 146 Å². The summed E-state index contributed by atoms with van der Waals surface area (Å²) >= 11 is 1.96. The van der Waals surface area contributed by atoms with Crippen molar-refractivity contribution in [2.24, 2.45) is 29.6 Å². The molecule has 0 aliphatic carbocycles. The van der Waals surface area contributed by atoms with Gasteiger partial charge in [0.1, 0.15) is 0 Å². The van der Waals surface area contributed by atoms with Crippen LogP contribution in [0.25, 0.3) is 42.2 Å². The van der Waals surface area contributed by atoms with Crippen LogP contribution in [-0.2, 0) is 30.3 Å². The van der Waals surface area contributed by atoms with Crippen molar-refractivity contribution in [1.29, 1.82) is 0 Å². The summed E-state index contributed by atoms with van der Waals surface area (Å²) < 4.78 is 2.75. The van der Waals surface area contributed by atoms with Crippen LogP contribution in [0.5, 0.6) is 0 Å². The van der Waals surface area contributed by atoms with E-state index in [1.54, 1.807) is 5.19 Å². The molecule has 0 aliphatic rings. The molecule has 57 heavy (non-hydrogen) atoms. The van der Waals surface area contributed by atoms with Crippen molar-refractivity contribution in [2.75, 3.05) is 0 Å². The van der Waals surface area contributed by atoms with Crippen LogP contribution >= 0.6 is 11.3 Å². The maximum absolute atomic E-state index is 11.7. The minimum Gasteiger partial charge on any atom is -0.512 e. The largest absolute Gasteiger partial charge is 0.512 e. The van der Waals surface area contributed by atoms with Crippen LogP contribution in [0.1, 0.15) is 127 Å². The van der Waals surface area contributed by atoms with Gasteiger partial charge < -0.3 is 5.11 Å². The van der Waals surface area contributed by atoms with Crippen LogP contribution < -0.4 is 5.19 Å². The minimum absolute atomic E-state index is 0. The van der Waals surface area contributed by atoms with E-state index in [0.717, 1.165) is 36.9 Å². The molecule has 3 nitrogen and oxygen atoms in total. The van der Waals surface area contributed by atoms with Crippen molar-refractivity contribution in [1.82, 2.24) is 4.98 Å². The summed E-state index contributed by atoms with van der Waals surface area (Å²) in [6.45, 7) is 32.0. The quantitative estimate of drug-likeness (QED) is 0.0492. The van der Waals surface area contributed by atoms with Crippen LogP contribution in [0.2, 0.25) is 18.1 Å². The summed E-state index contributed by atoms with van der Waals surface area (Å²) in [5.41, 5.74) is 5.08. The van der Waals surface area contributed by atoms with E-state index in [-0.39, 0.29) is 48.9 Å². The number of fused-ring (bicyclic) bond motifs is 4. The third kappa shape index (κ3) is 11.6. The number of pyridine rings is 1. The number of aryl methyl sites for hydroxylation is 1. The number of hydrogen-bond donors (Lipinski definition) is 1. The number of aromatic nitrogens is 1. The number of aliphatic hydroxyl groups excluding tert-OH is 1. The molecule has 1 N–H and O–H groups in total. The maximum Gasteiger partial charge on any atom is 0.162 e. The number of carbonyl (C=O) groups is 1. The predicted molar refractivity (Wildman–Crippen MR) is 251 cm³/mol. The second-order valence-corrected chi connectivity index (χ2v) is 24.1. The fourth-order valence-electron chi connectivity index (χ4n) is 9.35. The van der Waals surface area contributed by atoms with E-state index in [4.69, 9.17) is 4.98 Å². The van der Waals surface area contributed by atoms with Gasteiger partial charge in [0.25, 0.3) is 0 Å². The van der Waals surface area contributed by atoms with Gasteiger partial charge in [-0.15, -0.1) is 40.5 Å². The average Bonchev–Trinajstić information content (AvgIpc) is 3.51. The van der Waals surface area contributed by atoms with Gasteiger partial charge in [-0.25, -0.2) is 0 Å². The van der Waals surface area contributed by atoms with Gasteiger partial charge in [-0.2, -0.15) is 0 Å². The molecule has 2 aromatic heterocycles. The molecule has 0 bridgehead atoms. The zero-order valence-electron chi connectivity index (χ0n) is 37.7. The minimum atomic E-state index is -1.72. The second-order valence-electron chi connectivity index (χ2n) is 18.7. The second kappa shape index (κ2) is 21.1. The number of thiophene rings is 1. The van der Waals surface area contributed by atoms with Gasteiger partial charge in [0.2, 0.25) is 0 Å². The molecule has 0 unspecified atom stereocenters. The van der Waals surface area contributed by atoms with Crippen molar-refractivity contribution in [3.05, 3.63) is 83.8 Å². The van der Waals surface area contributed by atoms with E-state index < -0.39 is 8.07 Å². The molecule has 5 aromatic rings. The summed E-state index contributed by atoms with van der Waals surface area (Å²) in [4.78, 5) is 16.7. The Labute approximate surface area is 364 Å². The molecule has 0 atom stereocenters. The number of rotatable bonds is 15. The zero-order chi connectivity index (χ0) is 41.5. The molecule has 2 heterocycles. The van der Waals surface area contributed by atoms with Gasteiger partial charge in [0, 0.05) is 64.7 Å². The molecular formula is C51H72IrNO2SSi-. The standard InChI is InChI=1S/C38H48NSSi.C13H24O2.Ir/c1-24(2)21-41(22-25(3)4,23-26(5)6)34-16-15-31-32-17-18-39-35(37(32)40-36(31)27(34)7)29-19-28-13-11-12-14-30(28)33(20-29)38(8,9)10;1-5-10(6-2)12(14)9-13(15)11(7-3)8-4;/h11-18,20,24-26H,21-23H2,1-10H3;9-11,14H,5-8H2,1-4H3;/q-1;;/b;12-9-;. The number of ketones is 1. The van der Waals surface area contributed by atoms with E-state index in [1.807, 2.05) is 45.2 Å². The summed E-state index contributed by atoms with van der Waals surface area (Å²) in [5, 5.41) is 16.6. The Morgan fingerprint density at radius 2 is 1.33 bits per heavy atom. The predicted octanol–water partition coefficient (Wildman–Crippen LogP) is 15.2. The molecule has 0 fully saturated rings. The smallest absolute Gasteiger partial charge is 0.162 e. The molecule has 1 radical (unpaired) electrons. The third-order valence-corrected chi connectivity index (χ3v) is 19.5. The van der Waals surface area contributed by atoms with Crippen LogP contribution in [-0.4, -0.2) is 23.9 Å². The number of aliphatic hydroxyl groups is 1. The first-order chi connectivity index (χ1) is 26.4. The van der Waals surface area contributed by atoms with Crippen molar-refractivity contribution in [3.8, 4) is 11.3 Å². The number of benzene rings is 3. The molecular weight excluding hydrogens is 911 g/mol. The molecule has 5 rings (SSSR count). The average molecular weight is 984 g/mol. The first-order valence-electron chi connectivity index (χ1n) is 21.6. The molecule has 0 spiro atoms. The summed E-state index contributed by atoms with van der Waals surface area (Å²) in [6.07, 6.45) is 6.91. The number of nitrogens with zero attached hydrogens (tertiary/aromatic N) is 1. The normalized spacial score (nSPS) is 12.7. The summed E-state index contributed by atoms with van der Waals surface area (Å²) in [7, 11) is -1.72. The summed E-state index contributed by atoms with van der Waals surface area (Å²) in [5.74, 6) is 2.69. The first-order valence-corrected chi connectivity index (χ1v) is 25.1. The monoisotopic (exact) mass is 983 g/mol. The maximum atomic E-state index is 11.7. The molecule has 6 heteroatoms. The Hall–Kier alpha value is -2.63. The number of carbonyl (C=O) groups excluding carboxylic acids is 1. The van der Waals surface area contributed by atoms with E-state index in [1.165, 1.54) is 66.3 Å². The van der Waals surface area contributed by atoms with Gasteiger partial charge in [0.05, 0.1) is 13.8 Å². The van der Waals surface area contributed by atoms with Crippen LogP contribution in [0.15, 0.2) is 66.6 Å². The fraction of sp³-hybridized carbons (Fsp3) is 0.529. The third-order valence-electron chi connectivity index (χ3n) is 11.7. The van der Waals surface area contributed by atoms with Crippen LogP contribution in [0, 0.1) is 42.6 Å². The van der Waals surface area contributed by atoms with E-state index in [2.05, 4.69) is 124 Å². The Balaban J connectivity index is 0.000000464. The number of hydrogen-bond acceptors (Lipinski definition) is 4. The van der Waals surface area contributed by atoms with E-state index >= 15 is 0 Å². The van der Waals surface area contributed by atoms with Gasteiger partial charge in [-0.05, 0) is 72.8 Å². The van der Waals surface area contributed by atoms with Crippen LogP contribution in [0.4, 0.5) is 0 Å². The number of allylic oxidation sites excluding steroid dienone is 2. The fourth-order valence-corrected chi connectivity index (χ4v) is 17.9. The molecule has 0 saturated heterocycles. The van der Waals surface area contributed by atoms with Gasteiger partial charge >= 0.3 is 0 Å². The van der Waals surface area contributed by atoms with Crippen molar-refractivity contribution >= 4 is 61.3 Å². The van der Waals surface area contributed by atoms with Crippen LogP contribution in [0.3, 0.4) is 0 Å². The molecule has 313 valence electrons. The van der Waals surface area contributed by atoms with Gasteiger partial charge in [-0.1, -0.05) is 155 Å². The Morgan fingerprint density at radius 1 is 0.789 bits per heavy atom. The molecule has 0 aliphatic heterocycles. The molecule has 0 saturated carbocycles. The van der Waals surface area contributed by atoms with Gasteiger partial charge in [0.15, 0.2) is 5.78 Å². The molecule has 3 aromatic carbocycles. The molecule has 0 amide bonds. The van der Waals surface area contributed by atoms with Crippen molar-refractivity contribution < 1.29 is 30.0 Å². The Bertz CT molecular complexity index is 2090. The topological polar surface area (TPSA) is 50.2 Å². The first kappa shape index (κ1) is 48.7. The summed E-state index contributed by atoms with van der Waals surface area (Å²) in [6, 6.07) is 26.1. The van der Waals surface area contributed by atoms with E-state index in [9.17, 15) is 9.90 Å². The Kier molecular flexibility index (Phi) is 18.0. The zero-order valence-corrected chi connectivity index (χ0v) is 41.9. The Morgan fingerprint density at radius 3 is 1.86 bits per heavy atom. The SMILES string of the molecule is CCC(CC)C(=O)/C=C(\O)C(CC)CC.Cc1c([Si](CC(C)C)(CC(C)C)CC(C)C)ccc2c1sc1c(-c3[c-]c4ccccc4c(C(C)(C)C)c3)nccc12.[Ir]. The van der Waals surface area contributed by atoms with Gasteiger partial charge in [-0.3, -0.25) is 9.78 Å².